The Hall–Kier alpha value is -3.42. The standard InChI is InChI=1S/C34H42N2O5/c1-23-18-25(28-12-8-7-10-24(28)11-9-17-39-6)13-14-27(23)30-21-36(32(38)41-33(2,3)4)16-15-34(30)29-19-31(37)35(5)20-26(29)22-40-34/h7-8,10,12-14,18-20,30H,9,11,15-17,21-22H2,1-6H3/t30-,34+/m1/s1. The molecule has 218 valence electrons. The summed E-state index contributed by atoms with van der Waals surface area (Å²) in [5, 5.41) is 0. The van der Waals surface area contributed by atoms with Crippen LogP contribution in [0.2, 0.25) is 0 Å². The Labute approximate surface area is 243 Å². The van der Waals surface area contributed by atoms with Crippen LogP contribution in [0.15, 0.2) is 59.5 Å². The minimum Gasteiger partial charge on any atom is -0.444 e. The number of carbonyl (C=O) groups excluding carboxylic acids is 1. The Morgan fingerprint density at radius 3 is 2.66 bits per heavy atom. The summed E-state index contributed by atoms with van der Waals surface area (Å²) in [4.78, 5) is 27.8. The molecule has 7 nitrogen and oxygen atoms in total. The maximum absolute atomic E-state index is 13.2. The predicted octanol–water partition coefficient (Wildman–Crippen LogP) is 6.09. The molecule has 1 spiro atoms. The van der Waals surface area contributed by atoms with E-state index >= 15 is 0 Å². The molecule has 2 aliphatic heterocycles. The summed E-state index contributed by atoms with van der Waals surface area (Å²) in [6.45, 7) is 9.89. The Balaban J connectivity index is 1.55. The number of hydrogen-bond acceptors (Lipinski definition) is 5. The van der Waals surface area contributed by atoms with E-state index in [1.54, 1.807) is 29.7 Å². The summed E-state index contributed by atoms with van der Waals surface area (Å²) >= 11 is 0. The van der Waals surface area contributed by atoms with Gasteiger partial charge in [-0.15, -0.1) is 0 Å². The van der Waals surface area contributed by atoms with Crippen LogP contribution < -0.4 is 5.56 Å². The van der Waals surface area contributed by atoms with Crippen LogP contribution in [0.5, 0.6) is 0 Å². The third-order valence-corrected chi connectivity index (χ3v) is 8.39. The predicted molar refractivity (Wildman–Crippen MR) is 160 cm³/mol. The lowest BCUT2D eigenvalue weighted by molar-refractivity contribution is -0.0956. The number of carbonyl (C=O) groups is 1. The van der Waals surface area contributed by atoms with Gasteiger partial charge in [-0.3, -0.25) is 4.79 Å². The number of pyridine rings is 1. The highest BCUT2D eigenvalue weighted by Gasteiger charge is 2.52. The van der Waals surface area contributed by atoms with E-state index < -0.39 is 11.2 Å². The van der Waals surface area contributed by atoms with E-state index in [0.29, 0.717) is 26.1 Å². The van der Waals surface area contributed by atoms with Crippen LogP contribution in [0.3, 0.4) is 0 Å². The molecule has 0 radical (unpaired) electrons. The molecule has 3 heterocycles. The number of benzene rings is 2. The minimum absolute atomic E-state index is 0.0564. The summed E-state index contributed by atoms with van der Waals surface area (Å²) in [5.74, 6) is -0.164. The number of amides is 1. The second kappa shape index (κ2) is 11.5. The van der Waals surface area contributed by atoms with E-state index in [9.17, 15) is 9.59 Å². The zero-order valence-corrected chi connectivity index (χ0v) is 25.2. The lowest BCUT2D eigenvalue weighted by atomic mass is 9.71. The van der Waals surface area contributed by atoms with Crippen LogP contribution in [0.4, 0.5) is 4.79 Å². The molecule has 7 heteroatoms. The van der Waals surface area contributed by atoms with Gasteiger partial charge in [-0.2, -0.15) is 0 Å². The molecule has 0 aliphatic carbocycles. The first kappa shape index (κ1) is 29.1. The van der Waals surface area contributed by atoms with E-state index in [2.05, 4.69) is 49.4 Å². The van der Waals surface area contributed by atoms with Crippen LogP contribution in [0.1, 0.15) is 67.3 Å². The monoisotopic (exact) mass is 558 g/mol. The van der Waals surface area contributed by atoms with Crippen LogP contribution in [-0.4, -0.2) is 48.0 Å². The number of methoxy groups -OCH3 is 1. The van der Waals surface area contributed by atoms with Gasteiger partial charge in [0, 0.05) is 57.6 Å². The van der Waals surface area contributed by atoms with E-state index in [-0.39, 0.29) is 17.6 Å². The van der Waals surface area contributed by atoms with E-state index in [4.69, 9.17) is 14.2 Å². The van der Waals surface area contributed by atoms with Crippen molar-refractivity contribution in [3.05, 3.63) is 92.9 Å². The lowest BCUT2D eigenvalue weighted by Gasteiger charge is -2.46. The van der Waals surface area contributed by atoms with Gasteiger partial charge in [0.15, 0.2) is 0 Å². The fourth-order valence-corrected chi connectivity index (χ4v) is 6.41. The van der Waals surface area contributed by atoms with Gasteiger partial charge in [-0.25, -0.2) is 4.79 Å². The summed E-state index contributed by atoms with van der Waals surface area (Å²) in [6.07, 6.45) is 4.06. The number of piperidine rings is 1. The van der Waals surface area contributed by atoms with Crippen molar-refractivity contribution in [2.75, 3.05) is 26.8 Å². The number of likely N-dealkylation sites (tertiary alicyclic amines) is 1. The molecule has 1 amide bonds. The van der Waals surface area contributed by atoms with Gasteiger partial charge in [-0.1, -0.05) is 42.5 Å². The molecule has 1 fully saturated rings. The van der Waals surface area contributed by atoms with E-state index in [0.717, 1.165) is 47.3 Å². The summed E-state index contributed by atoms with van der Waals surface area (Å²) in [6, 6.07) is 16.9. The van der Waals surface area contributed by atoms with Crippen molar-refractivity contribution in [2.24, 2.45) is 7.05 Å². The number of aromatic nitrogens is 1. The quantitative estimate of drug-likeness (QED) is 0.343. The number of ether oxygens (including phenoxy) is 3. The van der Waals surface area contributed by atoms with Crippen LogP contribution in [0.25, 0.3) is 11.1 Å². The number of fused-ring (bicyclic) bond motifs is 2. The molecule has 2 aromatic carbocycles. The largest absolute Gasteiger partial charge is 0.444 e. The topological polar surface area (TPSA) is 70.0 Å². The van der Waals surface area contributed by atoms with Crippen molar-refractivity contribution in [3.63, 3.8) is 0 Å². The second-order valence-electron chi connectivity index (χ2n) is 12.4. The van der Waals surface area contributed by atoms with Crippen molar-refractivity contribution in [1.29, 1.82) is 0 Å². The zero-order chi connectivity index (χ0) is 29.4. The Kier molecular flexibility index (Phi) is 8.13. The number of nitrogens with zero attached hydrogens (tertiary/aromatic N) is 2. The van der Waals surface area contributed by atoms with Gasteiger partial charge in [0.2, 0.25) is 0 Å². The van der Waals surface area contributed by atoms with Gasteiger partial charge < -0.3 is 23.7 Å². The molecule has 5 rings (SSSR count). The first-order chi connectivity index (χ1) is 19.5. The third-order valence-electron chi connectivity index (χ3n) is 8.39. The average molecular weight is 559 g/mol. The number of hydrogen-bond donors (Lipinski definition) is 0. The van der Waals surface area contributed by atoms with Gasteiger partial charge in [0.25, 0.3) is 5.56 Å². The van der Waals surface area contributed by atoms with Crippen LogP contribution in [-0.2, 0) is 39.9 Å². The fourth-order valence-electron chi connectivity index (χ4n) is 6.41. The molecule has 0 saturated carbocycles. The maximum Gasteiger partial charge on any atom is 0.410 e. The minimum atomic E-state index is -0.689. The molecule has 0 N–H and O–H groups in total. The van der Waals surface area contributed by atoms with Crippen molar-refractivity contribution in [2.45, 2.75) is 70.7 Å². The molecule has 41 heavy (non-hydrogen) atoms. The van der Waals surface area contributed by atoms with Gasteiger partial charge in [-0.05, 0) is 80.3 Å². The summed E-state index contributed by atoms with van der Waals surface area (Å²) < 4.78 is 19.3. The smallest absolute Gasteiger partial charge is 0.410 e. The van der Waals surface area contributed by atoms with Crippen LogP contribution in [0, 0.1) is 6.92 Å². The Morgan fingerprint density at radius 1 is 1.15 bits per heavy atom. The first-order valence-corrected chi connectivity index (χ1v) is 14.5. The molecule has 0 bridgehead atoms. The molecule has 2 atom stereocenters. The summed E-state index contributed by atoms with van der Waals surface area (Å²) in [7, 11) is 3.51. The number of aryl methyl sites for hydroxylation is 3. The Bertz CT molecular complexity index is 1490. The zero-order valence-electron chi connectivity index (χ0n) is 25.2. The average Bonchev–Trinajstić information content (AvgIpc) is 3.26. The molecule has 2 aliphatic rings. The number of rotatable bonds is 6. The highest BCUT2D eigenvalue weighted by molar-refractivity contribution is 5.70. The first-order valence-electron chi connectivity index (χ1n) is 14.5. The van der Waals surface area contributed by atoms with Crippen molar-refractivity contribution in [1.82, 2.24) is 9.47 Å². The Morgan fingerprint density at radius 2 is 1.93 bits per heavy atom. The maximum atomic E-state index is 13.2. The van der Waals surface area contributed by atoms with E-state index in [1.165, 1.54) is 11.1 Å². The molecule has 1 aromatic heterocycles. The second-order valence-corrected chi connectivity index (χ2v) is 12.4. The molecule has 3 aromatic rings. The van der Waals surface area contributed by atoms with Crippen LogP contribution >= 0.6 is 0 Å². The fraction of sp³-hybridized carbons (Fsp3) is 0.471. The highest BCUT2D eigenvalue weighted by Crippen LogP contribution is 2.52. The van der Waals surface area contributed by atoms with Gasteiger partial charge in [0.1, 0.15) is 11.2 Å². The van der Waals surface area contributed by atoms with E-state index in [1.807, 2.05) is 27.0 Å². The lowest BCUT2D eigenvalue weighted by Crippen LogP contribution is -2.51. The van der Waals surface area contributed by atoms with Gasteiger partial charge >= 0.3 is 6.09 Å². The molecule has 1 saturated heterocycles. The molecular weight excluding hydrogens is 516 g/mol. The normalized spacial score (nSPS) is 20.3. The van der Waals surface area contributed by atoms with Gasteiger partial charge in [0.05, 0.1) is 6.61 Å². The van der Waals surface area contributed by atoms with Crippen molar-refractivity contribution in [3.8, 4) is 11.1 Å². The highest BCUT2D eigenvalue weighted by atomic mass is 16.6. The summed E-state index contributed by atoms with van der Waals surface area (Å²) in [5.41, 5.74) is 6.57. The van der Waals surface area contributed by atoms with Crippen molar-refractivity contribution < 1.29 is 19.0 Å². The third kappa shape index (κ3) is 5.84. The van der Waals surface area contributed by atoms with Crippen molar-refractivity contribution >= 4 is 6.09 Å². The molecular formula is C34H42N2O5. The molecule has 0 unspecified atom stereocenters. The SMILES string of the molecule is COCCCc1ccccc1-c1ccc([C@H]2CN(C(=O)OC(C)(C)C)CC[C@@]23OCc2cn(C)c(=O)cc23)c(C)c1.